The molecular weight excluding hydrogens is 212 g/mol. The van der Waals surface area contributed by atoms with Crippen LogP contribution in [-0.4, -0.2) is 11.9 Å². The summed E-state index contributed by atoms with van der Waals surface area (Å²) in [5.41, 5.74) is 1.67. The number of rotatable bonds is 0. The Bertz CT molecular complexity index is 406. The Hall–Kier alpha value is -1.22. The van der Waals surface area contributed by atoms with E-state index in [2.05, 4.69) is 10.6 Å². The van der Waals surface area contributed by atoms with E-state index in [1.165, 1.54) is 0 Å². The standard InChI is InChI=1S/C11H13ClN2O/c1-6-7(2)13-10-5-8(12)3-4-9(10)14-11(6)15/h3-7,13H,1-2H3,(H,14,15). The minimum absolute atomic E-state index is 0.0380. The number of carbonyl (C=O) groups excluding carboxylic acids is 1. The van der Waals surface area contributed by atoms with Gasteiger partial charge in [-0.05, 0) is 25.1 Å². The van der Waals surface area contributed by atoms with Crippen LogP contribution in [0.1, 0.15) is 13.8 Å². The van der Waals surface area contributed by atoms with E-state index in [1.54, 1.807) is 6.07 Å². The summed E-state index contributed by atoms with van der Waals surface area (Å²) in [6.45, 7) is 3.89. The summed E-state index contributed by atoms with van der Waals surface area (Å²) in [4.78, 5) is 11.7. The molecule has 4 heteroatoms. The summed E-state index contributed by atoms with van der Waals surface area (Å²) in [5, 5.41) is 6.81. The van der Waals surface area contributed by atoms with Gasteiger partial charge < -0.3 is 10.6 Å². The lowest BCUT2D eigenvalue weighted by Gasteiger charge is -2.16. The van der Waals surface area contributed by atoms with E-state index in [0.717, 1.165) is 11.4 Å². The molecule has 0 saturated heterocycles. The van der Waals surface area contributed by atoms with E-state index in [-0.39, 0.29) is 17.9 Å². The largest absolute Gasteiger partial charge is 0.380 e. The van der Waals surface area contributed by atoms with Gasteiger partial charge in [0.2, 0.25) is 5.91 Å². The zero-order chi connectivity index (χ0) is 11.0. The molecule has 2 rings (SSSR count). The molecule has 0 bridgehead atoms. The fourth-order valence-electron chi connectivity index (χ4n) is 1.59. The molecule has 0 aliphatic carbocycles. The molecule has 3 nitrogen and oxygen atoms in total. The second kappa shape index (κ2) is 3.74. The normalized spacial score (nSPS) is 24.9. The van der Waals surface area contributed by atoms with Crippen LogP contribution in [0.25, 0.3) is 0 Å². The molecule has 80 valence electrons. The third-order valence-electron chi connectivity index (χ3n) is 2.79. The molecule has 15 heavy (non-hydrogen) atoms. The molecule has 1 amide bonds. The maximum absolute atomic E-state index is 11.7. The number of benzene rings is 1. The van der Waals surface area contributed by atoms with Gasteiger partial charge in [-0.25, -0.2) is 0 Å². The minimum Gasteiger partial charge on any atom is -0.380 e. The lowest BCUT2D eigenvalue weighted by atomic mass is 10.0. The lowest BCUT2D eigenvalue weighted by Crippen LogP contribution is -2.30. The van der Waals surface area contributed by atoms with Crippen molar-refractivity contribution in [2.24, 2.45) is 5.92 Å². The number of fused-ring (bicyclic) bond motifs is 1. The maximum atomic E-state index is 11.7. The first-order chi connectivity index (χ1) is 7.08. The van der Waals surface area contributed by atoms with E-state index in [9.17, 15) is 4.79 Å². The molecule has 1 aromatic carbocycles. The molecule has 2 atom stereocenters. The quantitative estimate of drug-likeness (QED) is 0.712. The summed E-state index contributed by atoms with van der Waals surface area (Å²) in [6, 6.07) is 5.51. The second-order valence-electron chi connectivity index (χ2n) is 3.90. The fraction of sp³-hybridized carbons (Fsp3) is 0.364. The zero-order valence-corrected chi connectivity index (χ0v) is 9.43. The smallest absolute Gasteiger partial charge is 0.229 e. The van der Waals surface area contributed by atoms with E-state index < -0.39 is 0 Å². The Morgan fingerprint density at radius 2 is 2.00 bits per heavy atom. The average Bonchev–Trinajstić information content (AvgIpc) is 2.29. The summed E-state index contributed by atoms with van der Waals surface area (Å²) >= 11 is 5.90. The summed E-state index contributed by atoms with van der Waals surface area (Å²) in [6.07, 6.45) is 0. The summed E-state index contributed by atoms with van der Waals surface area (Å²) in [7, 11) is 0. The molecule has 1 aliphatic rings. The SMILES string of the molecule is CC1Nc2cc(Cl)ccc2NC(=O)C1C. The van der Waals surface area contributed by atoms with E-state index in [1.807, 2.05) is 26.0 Å². The fourth-order valence-corrected chi connectivity index (χ4v) is 1.76. The average molecular weight is 225 g/mol. The van der Waals surface area contributed by atoms with Crippen molar-refractivity contribution in [3.63, 3.8) is 0 Å². The first-order valence-electron chi connectivity index (χ1n) is 4.95. The molecule has 0 saturated carbocycles. The number of amides is 1. The monoisotopic (exact) mass is 224 g/mol. The third-order valence-corrected chi connectivity index (χ3v) is 3.02. The molecule has 1 aromatic rings. The van der Waals surface area contributed by atoms with Crippen LogP contribution < -0.4 is 10.6 Å². The Kier molecular flexibility index (Phi) is 2.57. The van der Waals surface area contributed by atoms with Crippen LogP contribution in [0.2, 0.25) is 5.02 Å². The molecule has 0 radical (unpaired) electrons. The van der Waals surface area contributed by atoms with Crippen LogP contribution in [0.5, 0.6) is 0 Å². The van der Waals surface area contributed by atoms with Crippen LogP contribution in [-0.2, 0) is 4.79 Å². The summed E-state index contributed by atoms with van der Waals surface area (Å²) < 4.78 is 0. The molecule has 0 aromatic heterocycles. The highest BCUT2D eigenvalue weighted by molar-refractivity contribution is 6.31. The van der Waals surface area contributed by atoms with Gasteiger partial charge in [0.25, 0.3) is 0 Å². The van der Waals surface area contributed by atoms with Gasteiger partial charge in [-0.1, -0.05) is 18.5 Å². The number of nitrogens with one attached hydrogen (secondary N) is 2. The Labute approximate surface area is 93.8 Å². The first kappa shape index (κ1) is 10.3. The number of hydrogen-bond acceptors (Lipinski definition) is 2. The predicted octanol–water partition coefficient (Wildman–Crippen LogP) is 2.73. The van der Waals surface area contributed by atoms with E-state index >= 15 is 0 Å². The number of carbonyl (C=O) groups is 1. The Balaban J connectivity index is 2.42. The molecular formula is C11H13ClN2O. The first-order valence-corrected chi connectivity index (χ1v) is 5.32. The predicted molar refractivity (Wildman–Crippen MR) is 62.3 cm³/mol. The molecule has 1 aliphatic heterocycles. The van der Waals surface area contributed by atoms with Crippen molar-refractivity contribution in [3.05, 3.63) is 23.2 Å². The van der Waals surface area contributed by atoms with Crippen LogP contribution in [0.3, 0.4) is 0 Å². The molecule has 2 N–H and O–H groups in total. The Morgan fingerprint density at radius 1 is 1.27 bits per heavy atom. The van der Waals surface area contributed by atoms with E-state index in [4.69, 9.17) is 11.6 Å². The molecule has 0 spiro atoms. The second-order valence-corrected chi connectivity index (χ2v) is 4.34. The maximum Gasteiger partial charge on any atom is 0.229 e. The number of anilines is 2. The van der Waals surface area contributed by atoms with Crippen LogP contribution in [0.4, 0.5) is 11.4 Å². The van der Waals surface area contributed by atoms with Crippen molar-refractivity contribution in [3.8, 4) is 0 Å². The van der Waals surface area contributed by atoms with Gasteiger partial charge in [-0.15, -0.1) is 0 Å². The topological polar surface area (TPSA) is 41.1 Å². The zero-order valence-electron chi connectivity index (χ0n) is 8.67. The van der Waals surface area contributed by atoms with Crippen molar-refractivity contribution in [2.45, 2.75) is 19.9 Å². The van der Waals surface area contributed by atoms with Crippen molar-refractivity contribution in [1.82, 2.24) is 0 Å². The van der Waals surface area contributed by atoms with Gasteiger partial charge in [0, 0.05) is 11.1 Å². The van der Waals surface area contributed by atoms with Gasteiger partial charge in [-0.3, -0.25) is 4.79 Å². The summed E-state index contributed by atoms with van der Waals surface area (Å²) in [5.74, 6) is -0.0211. The van der Waals surface area contributed by atoms with Gasteiger partial charge in [-0.2, -0.15) is 0 Å². The highest BCUT2D eigenvalue weighted by Gasteiger charge is 2.25. The minimum atomic E-state index is -0.0591. The number of halogens is 1. The van der Waals surface area contributed by atoms with Crippen LogP contribution in [0, 0.1) is 5.92 Å². The van der Waals surface area contributed by atoms with Crippen molar-refractivity contribution < 1.29 is 4.79 Å². The van der Waals surface area contributed by atoms with Gasteiger partial charge in [0.1, 0.15) is 0 Å². The number of hydrogen-bond donors (Lipinski definition) is 2. The van der Waals surface area contributed by atoms with Gasteiger partial charge in [0.15, 0.2) is 0 Å². The lowest BCUT2D eigenvalue weighted by molar-refractivity contribution is -0.119. The highest BCUT2D eigenvalue weighted by atomic mass is 35.5. The Morgan fingerprint density at radius 3 is 2.73 bits per heavy atom. The van der Waals surface area contributed by atoms with E-state index in [0.29, 0.717) is 5.02 Å². The molecule has 0 fully saturated rings. The molecule has 1 heterocycles. The molecule has 2 unspecified atom stereocenters. The van der Waals surface area contributed by atoms with Gasteiger partial charge >= 0.3 is 0 Å². The third kappa shape index (κ3) is 1.92. The van der Waals surface area contributed by atoms with Crippen LogP contribution in [0.15, 0.2) is 18.2 Å². The van der Waals surface area contributed by atoms with Crippen molar-refractivity contribution in [1.29, 1.82) is 0 Å². The van der Waals surface area contributed by atoms with Crippen molar-refractivity contribution >= 4 is 28.9 Å². The van der Waals surface area contributed by atoms with Crippen molar-refractivity contribution in [2.75, 3.05) is 10.6 Å². The highest BCUT2D eigenvalue weighted by Crippen LogP contribution is 2.30. The van der Waals surface area contributed by atoms with Gasteiger partial charge in [0.05, 0.1) is 17.3 Å². The van der Waals surface area contributed by atoms with Crippen LogP contribution >= 0.6 is 11.6 Å².